The monoisotopic (exact) mass is 374 g/mol. The van der Waals surface area contributed by atoms with Gasteiger partial charge in [-0.1, -0.05) is 35.4 Å². The van der Waals surface area contributed by atoms with Crippen LogP contribution in [0, 0.1) is 0 Å². The Morgan fingerprint density at radius 3 is 2.65 bits per heavy atom. The molecule has 0 saturated carbocycles. The van der Waals surface area contributed by atoms with E-state index in [1.54, 1.807) is 4.68 Å². The fraction of sp³-hybridized carbons (Fsp3) is 0.278. The number of likely N-dealkylation sites (N-methyl/N-ethyl adjacent to an activating group) is 1. The lowest BCUT2D eigenvalue weighted by Crippen LogP contribution is -2.26. The van der Waals surface area contributed by atoms with Gasteiger partial charge in [-0.25, -0.2) is 0 Å². The smallest absolute Gasteiger partial charge is 0.345 e. The summed E-state index contributed by atoms with van der Waals surface area (Å²) in [6.45, 7) is 2.72. The molecule has 2 aromatic carbocycles. The number of ether oxygens (including phenoxy) is 1. The van der Waals surface area contributed by atoms with Gasteiger partial charge in [-0.3, -0.25) is 0 Å². The van der Waals surface area contributed by atoms with Crippen LogP contribution in [0.15, 0.2) is 54.6 Å². The highest BCUT2D eigenvalue weighted by atomic mass is 35.5. The first kappa shape index (κ1) is 19.8. The van der Waals surface area contributed by atoms with E-state index >= 15 is 0 Å². The van der Waals surface area contributed by atoms with Crippen molar-refractivity contribution in [1.82, 2.24) is 30.4 Å². The van der Waals surface area contributed by atoms with Crippen LogP contribution in [0.25, 0.3) is 5.69 Å². The standard InChI is InChI=1S/C18H22N6O.ClH/c1-23(2)12-11-19-14-15-7-6-10-17(13-15)25-18-20-21-22-24(18)16-8-4-3-5-9-16;/h3-10,13,19H,11-12,14H2,1-2H3;1H. The van der Waals surface area contributed by atoms with Gasteiger partial charge in [0.15, 0.2) is 0 Å². The third-order valence-electron chi connectivity index (χ3n) is 3.61. The summed E-state index contributed by atoms with van der Waals surface area (Å²) in [5.41, 5.74) is 2.00. The Morgan fingerprint density at radius 1 is 1.08 bits per heavy atom. The summed E-state index contributed by atoms with van der Waals surface area (Å²) in [5.74, 6) is 0.707. The van der Waals surface area contributed by atoms with Crippen molar-refractivity contribution in [3.05, 3.63) is 60.2 Å². The molecule has 0 aliphatic heterocycles. The lowest BCUT2D eigenvalue weighted by atomic mass is 10.2. The van der Waals surface area contributed by atoms with Crippen LogP contribution >= 0.6 is 12.4 Å². The molecule has 3 aromatic rings. The molecular weight excluding hydrogens is 352 g/mol. The molecule has 0 amide bonds. The Hall–Kier alpha value is -2.48. The molecule has 0 fully saturated rings. The SMILES string of the molecule is CN(C)CCNCc1cccc(Oc2nnnn2-c2ccccc2)c1.Cl. The lowest BCUT2D eigenvalue weighted by Gasteiger charge is -2.11. The summed E-state index contributed by atoms with van der Waals surface area (Å²) in [4.78, 5) is 2.15. The summed E-state index contributed by atoms with van der Waals surface area (Å²) in [7, 11) is 4.13. The van der Waals surface area contributed by atoms with Crippen molar-refractivity contribution in [3.8, 4) is 17.4 Å². The third kappa shape index (κ3) is 5.52. The second kappa shape index (κ2) is 9.86. The van der Waals surface area contributed by atoms with Crippen molar-refractivity contribution in [2.75, 3.05) is 27.2 Å². The quantitative estimate of drug-likeness (QED) is 0.611. The van der Waals surface area contributed by atoms with Gasteiger partial charge < -0.3 is 15.0 Å². The fourth-order valence-corrected chi connectivity index (χ4v) is 2.33. The van der Waals surface area contributed by atoms with Crippen LogP contribution in [0.4, 0.5) is 0 Å². The number of rotatable bonds is 8. The lowest BCUT2D eigenvalue weighted by molar-refractivity contribution is 0.399. The van der Waals surface area contributed by atoms with Crippen LogP contribution in [0.1, 0.15) is 5.56 Å². The summed E-state index contributed by atoms with van der Waals surface area (Å²) in [5, 5.41) is 15.1. The van der Waals surface area contributed by atoms with Gasteiger partial charge in [0.1, 0.15) is 5.75 Å². The van der Waals surface area contributed by atoms with Crippen molar-refractivity contribution in [2.45, 2.75) is 6.54 Å². The zero-order valence-electron chi connectivity index (χ0n) is 14.9. The van der Waals surface area contributed by atoms with Crippen molar-refractivity contribution in [2.24, 2.45) is 0 Å². The third-order valence-corrected chi connectivity index (χ3v) is 3.61. The number of para-hydroxylation sites is 1. The molecule has 1 aromatic heterocycles. The first-order valence-electron chi connectivity index (χ1n) is 8.18. The summed E-state index contributed by atoms with van der Waals surface area (Å²) >= 11 is 0. The number of nitrogens with zero attached hydrogens (tertiary/aromatic N) is 5. The van der Waals surface area contributed by atoms with Gasteiger partial charge in [0.2, 0.25) is 0 Å². The molecule has 0 spiro atoms. The highest BCUT2D eigenvalue weighted by Crippen LogP contribution is 2.21. The van der Waals surface area contributed by atoms with E-state index in [0.717, 1.165) is 30.9 Å². The maximum Gasteiger partial charge on any atom is 0.345 e. The predicted molar refractivity (Wildman–Crippen MR) is 103 cm³/mol. The Morgan fingerprint density at radius 2 is 1.88 bits per heavy atom. The molecule has 0 aliphatic rings. The molecule has 3 rings (SSSR count). The number of hydrogen-bond donors (Lipinski definition) is 1. The van der Waals surface area contributed by atoms with Gasteiger partial charge >= 0.3 is 6.01 Å². The van der Waals surface area contributed by atoms with Crippen molar-refractivity contribution >= 4 is 12.4 Å². The van der Waals surface area contributed by atoms with E-state index in [1.165, 1.54) is 0 Å². The van der Waals surface area contributed by atoms with Crippen molar-refractivity contribution in [1.29, 1.82) is 0 Å². The Labute approximate surface area is 159 Å². The Kier molecular flexibility index (Phi) is 7.53. The molecule has 0 radical (unpaired) electrons. The first-order chi connectivity index (χ1) is 12.2. The molecule has 0 unspecified atom stereocenters. The molecule has 1 N–H and O–H groups in total. The molecule has 0 atom stereocenters. The second-order valence-electron chi connectivity index (χ2n) is 5.94. The van der Waals surface area contributed by atoms with E-state index in [4.69, 9.17) is 4.74 Å². The maximum atomic E-state index is 5.88. The van der Waals surface area contributed by atoms with E-state index in [0.29, 0.717) is 11.8 Å². The van der Waals surface area contributed by atoms with E-state index < -0.39 is 0 Å². The average Bonchev–Trinajstić information content (AvgIpc) is 3.08. The number of benzene rings is 2. The Bertz CT molecular complexity index is 793. The van der Waals surface area contributed by atoms with Gasteiger partial charge in [0.05, 0.1) is 5.69 Å². The summed E-state index contributed by atoms with van der Waals surface area (Å²) in [6.07, 6.45) is 0. The second-order valence-corrected chi connectivity index (χ2v) is 5.94. The van der Waals surface area contributed by atoms with Gasteiger partial charge in [0.25, 0.3) is 0 Å². The van der Waals surface area contributed by atoms with E-state index in [9.17, 15) is 0 Å². The number of hydrogen-bond acceptors (Lipinski definition) is 6. The van der Waals surface area contributed by atoms with E-state index in [2.05, 4.69) is 45.9 Å². The van der Waals surface area contributed by atoms with Crippen LogP contribution in [0.3, 0.4) is 0 Å². The maximum absolute atomic E-state index is 5.88. The van der Waals surface area contributed by atoms with Crippen LogP contribution < -0.4 is 10.1 Å². The number of halogens is 1. The first-order valence-corrected chi connectivity index (χ1v) is 8.18. The van der Waals surface area contributed by atoms with Gasteiger partial charge in [-0.15, -0.1) is 12.4 Å². The minimum atomic E-state index is 0. The molecule has 0 aliphatic carbocycles. The molecule has 138 valence electrons. The highest BCUT2D eigenvalue weighted by molar-refractivity contribution is 5.85. The predicted octanol–water partition coefficient (Wildman–Crippen LogP) is 2.53. The minimum Gasteiger partial charge on any atom is -0.423 e. The average molecular weight is 375 g/mol. The van der Waals surface area contributed by atoms with Crippen LogP contribution in [-0.4, -0.2) is 52.3 Å². The zero-order chi connectivity index (χ0) is 17.5. The van der Waals surface area contributed by atoms with Gasteiger partial charge in [-0.2, -0.15) is 4.68 Å². The van der Waals surface area contributed by atoms with Crippen LogP contribution in [0.2, 0.25) is 0 Å². The molecule has 1 heterocycles. The summed E-state index contributed by atoms with van der Waals surface area (Å²) in [6, 6.07) is 17.9. The molecule has 0 bridgehead atoms. The Balaban J connectivity index is 0.00000243. The van der Waals surface area contributed by atoms with Crippen LogP contribution in [-0.2, 0) is 6.54 Å². The highest BCUT2D eigenvalue weighted by Gasteiger charge is 2.10. The molecule has 26 heavy (non-hydrogen) atoms. The molecular formula is C18H23ClN6O. The van der Waals surface area contributed by atoms with Gasteiger partial charge in [-0.05, 0) is 54.4 Å². The topological polar surface area (TPSA) is 68.1 Å². The van der Waals surface area contributed by atoms with Crippen molar-refractivity contribution in [3.63, 3.8) is 0 Å². The number of aromatic nitrogens is 4. The van der Waals surface area contributed by atoms with Gasteiger partial charge in [0, 0.05) is 19.6 Å². The van der Waals surface area contributed by atoms with Crippen molar-refractivity contribution < 1.29 is 4.74 Å². The minimum absolute atomic E-state index is 0. The molecule has 7 nitrogen and oxygen atoms in total. The zero-order valence-corrected chi connectivity index (χ0v) is 15.7. The normalized spacial score (nSPS) is 10.6. The number of nitrogens with one attached hydrogen (secondary N) is 1. The number of tetrazole rings is 1. The largest absolute Gasteiger partial charge is 0.423 e. The van der Waals surface area contributed by atoms with E-state index in [1.807, 2.05) is 48.5 Å². The summed E-state index contributed by atoms with van der Waals surface area (Å²) < 4.78 is 7.45. The van der Waals surface area contributed by atoms with Crippen LogP contribution in [0.5, 0.6) is 11.8 Å². The fourth-order valence-electron chi connectivity index (χ4n) is 2.33. The van der Waals surface area contributed by atoms with E-state index in [-0.39, 0.29) is 12.4 Å². The molecule has 0 saturated heterocycles. The molecule has 8 heteroatoms.